The molecule has 0 aliphatic heterocycles. The summed E-state index contributed by atoms with van der Waals surface area (Å²) in [6.45, 7) is 4.53. The first-order valence-corrected chi connectivity index (χ1v) is 6.83. The summed E-state index contributed by atoms with van der Waals surface area (Å²) in [5.74, 6) is 0. The molecule has 0 amide bonds. The molecular weight excluding hydrogens is 265 g/mol. The molecule has 1 aromatic rings. The van der Waals surface area contributed by atoms with E-state index in [1.807, 2.05) is 24.3 Å². The Kier molecular flexibility index (Phi) is 6.49. The van der Waals surface area contributed by atoms with Crippen molar-refractivity contribution < 1.29 is 13.2 Å². The Balaban J connectivity index is 2.42. The van der Waals surface area contributed by atoms with Crippen LogP contribution in [0, 0.1) is 0 Å². The average Bonchev–Trinajstić information content (AvgIpc) is 2.28. The molecule has 0 atom stereocenters. The maximum Gasteiger partial charge on any atom is 0.401 e. The molecule has 114 valence electrons. The lowest BCUT2D eigenvalue weighted by molar-refractivity contribution is -0.144. The quantitative estimate of drug-likeness (QED) is 0.828. The third-order valence-electron chi connectivity index (χ3n) is 2.89. The molecule has 0 aliphatic rings. The van der Waals surface area contributed by atoms with Gasteiger partial charge in [-0.05, 0) is 31.1 Å². The zero-order valence-corrected chi connectivity index (χ0v) is 12.3. The lowest BCUT2D eigenvalue weighted by Crippen LogP contribution is -2.30. The summed E-state index contributed by atoms with van der Waals surface area (Å²) >= 11 is 0. The van der Waals surface area contributed by atoms with Crippen molar-refractivity contribution in [2.75, 3.05) is 20.1 Å². The van der Waals surface area contributed by atoms with E-state index in [4.69, 9.17) is 0 Å². The molecule has 0 radical (unpaired) electrons. The maximum atomic E-state index is 12.2. The lowest BCUT2D eigenvalue weighted by Gasteiger charge is -2.18. The van der Waals surface area contributed by atoms with Gasteiger partial charge in [-0.3, -0.25) is 4.90 Å². The fourth-order valence-corrected chi connectivity index (χ4v) is 1.99. The smallest absolute Gasteiger partial charge is 0.314 e. The van der Waals surface area contributed by atoms with Crippen LogP contribution in [0.5, 0.6) is 0 Å². The summed E-state index contributed by atoms with van der Waals surface area (Å²) in [4.78, 5) is 1.27. The fourth-order valence-electron chi connectivity index (χ4n) is 1.99. The number of benzene rings is 1. The van der Waals surface area contributed by atoms with E-state index in [1.165, 1.54) is 17.5 Å². The van der Waals surface area contributed by atoms with Gasteiger partial charge in [0, 0.05) is 12.6 Å². The largest absolute Gasteiger partial charge is 0.401 e. The third kappa shape index (κ3) is 7.50. The molecule has 0 heterocycles. The summed E-state index contributed by atoms with van der Waals surface area (Å²) in [7, 11) is 1.48. The molecule has 2 nitrogen and oxygen atoms in total. The molecule has 0 aliphatic carbocycles. The Morgan fingerprint density at radius 2 is 1.65 bits per heavy atom. The number of alkyl halides is 3. The first-order valence-electron chi connectivity index (χ1n) is 6.83. The van der Waals surface area contributed by atoms with Crippen LogP contribution in [0.25, 0.3) is 0 Å². The predicted octanol–water partition coefficient (Wildman–Crippen LogP) is 3.22. The number of nitrogens with one attached hydrogen (secondary N) is 1. The zero-order valence-electron chi connectivity index (χ0n) is 12.3. The van der Waals surface area contributed by atoms with Gasteiger partial charge in [0.1, 0.15) is 0 Å². The van der Waals surface area contributed by atoms with Crippen LogP contribution in [0.3, 0.4) is 0 Å². The van der Waals surface area contributed by atoms with Crippen molar-refractivity contribution >= 4 is 0 Å². The van der Waals surface area contributed by atoms with Gasteiger partial charge in [0.25, 0.3) is 0 Å². The normalized spacial score (nSPS) is 12.4. The summed E-state index contributed by atoms with van der Waals surface area (Å²) < 4.78 is 36.7. The Morgan fingerprint density at radius 1 is 1.10 bits per heavy atom. The molecule has 0 saturated heterocycles. The highest BCUT2D eigenvalue weighted by Crippen LogP contribution is 2.17. The Labute approximate surface area is 119 Å². The van der Waals surface area contributed by atoms with Crippen molar-refractivity contribution in [3.8, 4) is 0 Å². The van der Waals surface area contributed by atoms with Gasteiger partial charge in [0.05, 0.1) is 6.54 Å². The second-order valence-corrected chi connectivity index (χ2v) is 5.46. The maximum absolute atomic E-state index is 12.2. The second kappa shape index (κ2) is 7.64. The van der Waals surface area contributed by atoms with Crippen LogP contribution in [0.1, 0.15) is 25.0 Å². The van der Waals surface area contributed by atoms with Crippen LogP contribution in [0.4, 0.5) is 13.2 Å². The van der Waals surface area contributed by atoms with Gasteiger partial charge in [-0.15, -0.1) is 0 Å². The molecule has 0 spiro atoms. The van der Waals surface area contributed by atoms with Gasteiger partial charge >= 0.3 is 6.18 Å². The van der Waals surface area contributed by atoms with Crippen LogP contribution in [-0.2, 0) is 13.0 Å². The molecule has 0 aromatic heterocycles. The van der Waals surface area contributed by atoms with Crippen LogP contribution in [-0.4, -0.2) is 37.3 Å². The van der Waals surface area contributed by atoms with E-state index in [-0.39, 0.29) is 0 Å². The Hall–Kier alpha value is -1.07. The minimum Gasteiger partial charge on any atom is -0.314 e. The van der Waals surface area contributed by atoms with Crippen LogP contribution in [0.2, 0.25) is 0 Å². The SMILES string of the molecule is CC(C)NCCc1ccc(CN(C)CC(F)(F)F)cc1. The molecule has 1 N–H and O–H groups in total. The number of rotatable bonds is 7. The first kappa shape index (κ1) is 17.0. The van der Waals surface area contributed by atoms with Crippen molar-refractivity contribution in [2.45, 2.75) is 39.0 Å². The molecule has 1 rings (SSSR count). The van der Waals surface area contributed by atoms with Gasteiger partial charge in [-0.25, -0.2) is 0 Å². The van der Waals surface area contributed by atoms with Gasteiger partial charge in [-0.1, -0.05) is 38.1 Å². The fraction of sp³-hybridized carbons (Fsp3) is 0.600. The number of nitrogens with zero attached hydrogens (tertiary/aromatic N) is 1. The number of halogens is 3. The van der Waals surface area contributed by atoms with Gasteiger partial charge in [0.2, 0.25) is 0 Å². The molecule has 0 fully saturated rings. The van der Waals surface area contributed by atoms with Crippen molar-refractivity contribution in [3.63, 3.8) is 0 Å². The van der Waals surface area contributed by atoms with E-state index in [9.17, 15) is 13.2 Å². The van der Waals surface area contributed by atoms with Crippen LogP contribution in [0.15, 0.2) is 24.3 Å². The lowest BCUT2D eigenvalue weighted by atomic mass is 10.1. The summed E-state index contributed by atoms with van der Waals surface area (Å²) in [5, 5.41) is 3.33. The summed E-state index contributed by atoms with van der Waals surface area (Å²) in [6, 6.07) is 8.23. The van der Waals surface area contributed by atoms with Gasteiger partial charge < -0.3 is 5.32 Å². The minimum absolute atomic E-state index is 0.310. The number of hydrogen-bond donors (Lipinski definition) is 1. The molecular formula is C15H23F3N2. The predicted molar refractivity (Wildman–Crippen MR) is 75.7 cm³/mol. The van der Waals surface area contributed by atoms with E-state index in [0.717, 1.165) is 18.5 Å². The average molecular weight is 288 g/mol. The van der Waals surface area contributed by atoms with Crippen molar-refractivity contribution in [1.29, 1.82) is 0 Å². The Morgan fingerprint density at radius 3 is 2.15 bits per heavy atom. The monoisotopic (exact) mass is 288 g/mol. The molecule has 5 heteroatoms. The highest BCUT2D eigenvalue weighted by Gasteiger charge is 2.28. The molecule has 0 unspecified atom stereocenters. The van der Waals surface area contributed by atoms with Gasteiger partial charge in [0.15, 0.2) is 0 Å². The van der Waals surface area contributed by atoms with E-state index in [0.29, 0.717) is 12.6 Å². The Bertz CT molecular complexity index is 385. The van der Waals surface area contributed by atoms with Crippen molar-refractivity contribution in [2.24, 2.45) is 0 Å². The summed E-state index contributed by atoms with van der Waals surface area (Å²) in [5.41, 5.74) is 2.10. The minimum atomic E-state index is -4.14. The van der Waals surface area contributed by atoms with Crippen LogP contribution < -0.4 is 5.32 Å². The number of hydrogen-bond acceptors (Lipinski definition) is 2. The van der Waals surface area contributed by atoms with Crippen molar-refractivity contribution in [1.82, 2.24) is 10.2 Å². The van der Waals surface area contributed by atoms with Crippen LogP contribution >= 0.6 is 0 Å². The van der Waals surface area contributed by atoms with E-state index < -0.39 is 12.7 Å². The second-order valence-electron chi connectivity index (χ2n) is 5.46. The standard InChI is InChI=1S/C15H23F3N2/c1-12(2)19-9-8-13-4-6-14(7-5-13)10-20(3)11-15(16,17)18/h4-7,12,19H,8-11H2,1-3H3. The zero-order chi connectivity index (χ0) is 15.2. The van der Waals surface area contributed by atoms with E-state index >= 15 is 0 Å². The highest BCUT2D eigenvalue weighted by molar-refractivity contribution is 5.22. The molecule has 1 aromatic carbocycles. The third-order valence-corrected chi connectivity index (χ3v) is 2.89. The molecule has 20 heavy (non-hydrogen) atoms. The van der Waals surface area contributed by atoms with E-state index in [2.05, 4.69) is 19.2 Å². The van der Waals surface area contributed by atoms with Gasteiger partial charge in [-0.2, -0.15) is 13.2 Å². The first-order chi connectivity index (χ1) is 9.26. The van der Waals surface area contributed by atoms with Crippen molar-refractivity contribution in [3.05, 3.63) is 35.4 Å². The van der Waals surface area contributed by atoms with E-state index in [1.54, 1.807) is 0 Å². The molecule has 0 bridgehead atoms. The summed E-state index contributed by atoms with van der Waals surface area (Å²) in [6.07, 6.45) is -3.21. The molecule has 0 saturated carbocycles. The topological polar surface area (TPSA) is 15.3 Å². The highest BCUT2D eigenvalue weighted by atomic mass is 19.4.